The SMILES string of the molecule is Cc1ccccc1C.Oc1ccccc1I. The third-order valence-corrected chi connectivity index (χ3v) is 3.19. The molecule has 0 heterocycles. The summed E-state index contributed by atoms with van der Waals surface area (Å²) in [5.74, 6) is 0.355. The number of hydrogen-bond donors (Lipinski definition) is 1. The van der Waals surface area contributed by atoms with Crippen LogP contribution >= 0.6 is 22.6 Å². The summed E-state index contributed by atoms with van der Waals surface area (Å²) in [4.78, 5) is 0. The van der Waals surface area contributed by atoms with Gasteiger partial charge in [-0.15, -0.1) is 0 Å². The summed E-state index contributed by atoms with van der Waals surface area (Å²) in [6, 6.07) is 15.6. The standard InChI is InChI=1S/C8H10.C6H5IO/c1-7-5-3-4-6-8(7)2;7-5-3-1-2-4-6(5)8/h3-6H,1-2H3;1-4,8H. The molecule has 2 aromatic rings. The molecule has 1 N–H and O–H groups in total. The van der Waals surface area contributed by atoms with Crippen molar-refractivity contribution in [1.82, 2.24) is 0 Å². The first kappa shape index (κ1) is 13.0. The number of aryl methyl sites for hydroxylation is 2. The lowest BCUT2D eigenvalue weighted by atomic mass is 10.1. The molecule has 0 bridgehead atoms. The predicted octanol–water partition coefficient (Wildman–Crippen LogP) is 4.30. The lowest BCUT2D eigenvalue weighted by molar-refractivity contribution is 0.471. The molecule has 2 heteroatoms. The fraction of sp³-hybridized carbons (Fsp3) is 0.143. The molecule has 0 unspecified atom stereocenters. The number of para-hydroxylation sites is 1. The molecule has 0 atom stereocenters. The average Bonchev–Trinajstić information content (AvgIpc) is 2.28. The molecule has 2 rings (SSSR count). The van der Waals surface area contributed by atoms with Gasteiger partial charge in [0.2, 0.25) is 0 Å². The second-order valence-corrected chi connectivity index (χ2v) is 4.70. The molecule has 0 aliphatic heterocycles. The van der Waals surface area contributed by atoms with Gasteiger partial charge < -0.3 is 5.11 Å². The lowest BCUT2D eigenvalue weighted by Crippen LogP contribution is -1.74. The Balaban J connectivity index is 0.000000160. The highest BCUT2D eigenvalue weighted by molar-refractivity contribution is 14.1. The van der Waals surface area contributed by atoms with Gasteiger partial charge in [-0.2, -0.15) is 0 Å². The Bertz CT molecular complexity index is 366. The molecule has 0 amide bonds. The van der Waals surface area contributed by atoms with Crippen LogP contribution in [0.1, 0.15) is 11.1 Å². The van der Waals surface area contributed by atoms with Crippen LogP contribution in [0.5, 0.6) is 5.75 Å². The Labute approximate surface area is 110 Å². The van der Waals surface area contributed by atoms with Crippen LogP contribution in [0, 0.1) is 17.4 Å². The van der Waals surface area contributed by atoms with Gasteiger partial charge >= 0.3 is 0 Å². The summed E-state index contributed by atoms with van der Waals surface area (Å²) in [6.07, 6.45) is 0. The minimum absolute atomic E-state index is 0.355. The van der Waals surface area contributed by atoms with Gasteiger partial charge in [0.25, 0.3) is 0 Å². The van der Waals surface area contributed by atoms with E-state index in [4.69, 9.17) is 5.11 Å². The Morgan fingerprint density at radius 1 is 0.812 bits per heavy atom. The number of hydrogen-bond acceptors (Lipinski definition) is 1. The first-order valence-corrected chi connectivity index (χ1v) is 6.15. The van der Waals surface area contributed by atoms with Gasteiger partial charge in [0.05, 0.1) is 3.57 Å². The van der Waals surface area contributed by atoms with Gasteiger partial charge in [-0.25, -0.2) is 0 Å². The minimum Gasteiger partial charge on any atom is -0.507 e. The quantitative estimate of drug-likeness (QED) is 0.716. The fourth-order valence-electron chi connectivity index (χ4n) is 1.11. The van der Waals surface area contributed by atoms with Crippen LogP contribution in [0.3, 0.4) is 0 Å². The number of aromatic hydroxyl groups is 1. The minimum atomic E-state index is 0.355. The van der Waals surface area contributed by atoms with Gasteiger partial charge in [-0.3, -0.25) is 0 Å². The van der Waals surface area contributed by atoms with E-state index in [1.54, 1.807) is 12.1 Å². The van der Waals surface area contributed by atoms with Gasteiger partial charge in [0.15, 0.2) is 0 Å². The Kier molecular flexibility index (Phi) is 5.32. The van der Waals surface area contributed by atoms with Gasteiger partial charge in [-0.1, -0.05) is 36.4 Å². The molecule has 0 saturated heterocycles. The van der Waals surface area contributed by atoms with Crippen molar-refractivity contribution in [2.24, 2.45) is 0 Å². The Morgan fingerprint density at radius 2 is 1.25 bits per heavy atom. The molecule has 0 aromatic heterocycles. The first-order valence-electron chi connectivity index (χ1n) is 5.07. The zero-order chi connectivity index (χ0) is 12.0. The molecular weight excluding hydrogens is 311 g/mol. The largest absolute Gasteiger partial charge is 0.507 e. The highest BCUT2D eigenvalue weighted by atomic mass is 127. The van der Waals surface area contributed by atoms with E-state index < -0.39 is 0 Å². The van der Waals surface area contributed by atoms with Crippen LogP contribution in [-0.4, -0.2) is 5.11 Å². The third-order valence-electron chi connectivity index (χ3n) is 2.28. The lowest BCUT2D eigenvalue weighted by Gasteiger charge is -1.93. The van der Waals surface area contributed by atoms with E-state index in [0.717, 1.165) is 3.57 Å². The maximum atomic E-state index is 8.91. The zero-order valence-corrected chi connectivity index (χ0v) is 11.6. The molecule has 16 heavy (non-hydrogen) atoms. The van der Waals surface area contributed by atoms with Crippen LogP contribution in [0.2, 0.25) is 0 Å². The van der Waals surface area contributed by atoms with Crippen molar-refractivity contribution in [1.29, 1.82) is 0 Å². The summed E-state index contributed by atoms with van der Waals surface area (Å²) in [7, 11) is 0. The van der Waals surface area contributed by atoms with Gasteiger partial charge in [0.1, 0.15) is 5.75 Å². The monoisotopic (exact) mass is 326 g/mol. The van der Waals surface area contributed by atoms with Crippen LogP contribution in [0.4, 0.5) is 0 Å². The number of benzene rings is 2. The van der Waals surface area contributed by atoms with E-state index in [0.29, 0.717) is 5.75 Å². The maximum Gasteiger partial charge on any atom is 0.128 e. The zero-order valence-electron chi connectivity index (χ0n) is 9.44. The maximum absolute atomic E-state index is 8.91. The van der Waals surface area contributed by atoms with Crippen LogP contribution < -0.4 is 0 Å². The highest BCUT2D eigenvalue weighted by Crippen LogP contribution is 2.16. The molecule has 0 aliphatic carbocycles. The predicted molar refractivity (Wildman–Crippen MR) is 76.7 cm³/mol. The van der Waals surface area contributed by atoms with Crippen molar-refractivity contribution < 1.29 is 5.11 Å². The second-order valence-electron chi connectivity index (χ2n) is 3.54. The van der Waals surface area contributed by atoms with E-state index in [-0.39, 0.29) is 0 Å². The van der Waals surface area contributed by atoms with Crippen molar-refractivity contribution in [2.75, 3.05) is 0 Å². The molecule has 0 saturated carbocycles. The van der Waals surface area contributed by atoms with E-state index in [9.17, 15) is 0 Å². The summed E-state index contributed by atoms with van der Waals surface area (Å²) in [5, 5.41) is 8.91. The molecular formula is C14H15IO. The van der Waals surface area contributed by atoms with Crippen molar-refractivity contribution in [3.8, 4) is 5.75 Å². The second kappa shape index (κ2) is 6.53. The number of phenols is 1. The topological polar surface area (TPSA) is 20.2 Å². The Morgan fingerprint density at radius 3 is 1.56 bits per heavy atom. The van der Waals surface area contributed by atoms with Crippen molar-refractivity contribution in [3.05, 3.63) is 63.2 Å². The highest BCUT2D eigenvalue weighted by Gasteiger charge is 1.89. The molecule has 1 nitrogen and oxygen atoms in total. The van der Waals surface area contributed by atoms with Crippen LogP contribution in [0.25, 0.3) is 0 Å². The fourth-order valence-corrected chi connectivity index (χ4v) is 1.50. The average molecular weight is 326 g/mol. The van der Waals surface area contributed by atoms with Gasteiger partial charge in [0, 0.05) is 0 Å². The number of halogens is 1. The smallest absolute Gasteiger partial charge is 0.128 e. The van der Waals surface area contributed by atoms with Crippen molar-refractivity contribution in [2.45, 2.75) is 13.8 Å². The summed E-state index contributed by atoms with van der Waals surface area (Å²) in [5.41, 5.74) is 2.74. The molecule has 0 aliphatic rings. The normalized spacial score (nSPS) is 9.19. The summed E-state index contributed by atoms with van der Waals surface area (Å²) < 4.78 is 0.894. The van der Waals surface area contributed by atoms with Crippen LogP contribution in [0.15, 0.2) is 48.5 Å². The summed E-state index contributed by atoms with van der Waals surface area (Å²) >= 11 is 2.07. The first-order chi connectivity index (χ1) is 7.61. The van der Waals surface area contributed by atoms with E-state index in [1.807, 2.05) is 12.1 Å². The number of phenolic OH excluding ortho intramolecular Hbond substituents is 1. The molecule has 84 valence electrons. The number of rotatable bonds is 0. The Hall–Kier alpha value is -1.03. The van der Waals surface area contributed by atoms with Crippen LogP contribution in [-0.2, 0) is 0 Å². The molecule has 0 radical (unpaired) electrons. The van der Waals surface area contributed by atoms with E-state index in [1.165, 1.54) is 11.1 Å². The molecule has 0 spiro atoms. The molecule has 0 fully saturated rings. The van der Waals surface area contributed by atoms with E-state index >= 15 is 0 Å². The third kappa shape index (κ3) is 4.23. The van der Waals surface area contributed by atoms with E-state index in [2.05, 4.69) is 60.7 Å². The van der Waals surface area contributed by atoms with Gasteiger partial charge in [-0.05, 0) is 59.7 Å². The molecule has 2 aromatic carbocycles. The summed E-state index contributed by atoms with van der Waals surface area (Å²) in [6.45, 7) is 4.24. The van der Waals surface area contributed by atoms with Crippen molar-refractivity contribution >= 4 is 22.6 Å². The van der Waals surface area contributed by atoms with Crippen molar-refractivity contribution in [3.63, 3.8) is 0 Å².